The fourth-order valence-corrected chi connectivity index (χ4v) is 1.42. The lowest BCUT2D eigenvalue weighted by molar-refractivity contribution is -0.135. The van der Waals surface area contributed by atoms with Gasteiger partial charge in [-0.1, -0.05) is 27.7 Å². The molecule has 0 aromatic rings. The lowest BCUT2D eigenvalue weighted by Crippen LogP contribution is -2.35. The molecular weight excluding hydrogens is 156 g/mol. The summed E-state index contributed by atoms with van der Waals surface area (Å²) in [4.78, 5) is 22.8. The van der Waals surface area contributed by atoms with Gasteiger partial charge in [-0.05, 0) is 0 Å². The van der Waals surface area contributed by atoms with Crippen molar-refractivity contribution in [2.45, 2.75) is 33.8 Å². The van der Waals surface area contributed by atoms with Crippen molar-refractivity contribution in [3.63, 3.8) is 0 Å². The van der Waals surface area contributed by atoms with Crippen LogP contribution in [-0.4, -0.2) is 22.8 Å². The van der Waals surface area contributed by atoms with Crippen molar-refractivity contribution in [1.82, 2.24) is 0 Å². The van der Waals surface area contributed by atoms with Gasteiger partial charge in [0.1, 0.15) is 0 Å². The average Bonchev–Trinajstić information content (AvgIpc) is 2.05. The molecule has 0 heterocycles. The van der Waals surface area contributed by atoms with Crippen molar-refractivity contribution in [3.05, 3.63) is 0 Å². The zero-order valence-electron chi connectivity index (χ0n) is 7.84. The van der Waals surface area contributed by atoms with Crippen molar-refractivity contribution in [2.24, 2.45) is 10.8 Å². The summed E-state index contributed by atoms with van der Waals surface area (Å²) in [5.74, 6) is -0.727. The maximum atomic E-state index is 11.4. The van der Waals surface area contributed by atoms with E-state index in [1.807, 2.05) is 0 Å². The highest BCUT2D eigenvalue weighted by atomic mass is 16.3. The average molecular weight is 170 g/mol. The summed E-state index contributed by atoms with van der Waals surface area (Å²) in [5.41, 5.74) is -1.49. The van der Waals surface area contributed by atoms with E-state index in [0.29, 0.717) is 0 Å². The third kappa shape index (κ3) is 0.800. The molecule has 0 saturated heterocycles. The summed E-state index contributed by atoms with van der Waals surface area (Å²) < 4.78 is 0. The van der Waals surface area contributed by atoms with Gasteiger partial charge < -0.3 is 5.11 Å². The van der Waals surface area contributed by atoms with Gasteiger partial charge in [-0.3, -0.25) is 9.59 Å². The van der Waals surface area contributed by atoms with E-state index < -0.39 is 16.9 Å². The Balaban J connectivity index is 3.24. The van der Waals surface area contributed by atoms with Gasteiger partial charge in [0.15, 0.2) is 17.7 Å². The number of carbonyl (C=O) groups is 2. The number of Topliss-reactive ketones (excluding diaryl/α,β-unsaturated/α-hetero) is 2. The summed E-state index contributed by atoms with van der Waals surface area (Å²) in [6.45, 7) is 6.79. The van der Waals surface area contributed by atoms with Gasteiger partial charge in [0.05, 0.1) is 0 Å². The predicted octanol–water partition coefficient (Wildman–Crippen LogP) is 0.551. The normalized spacial score (nSPS) is 28.1. The highest BCUT2D eigenvalue weighted by Gasteiger charge is 2.59. The SMILES string of the molecule is CC1(C)C(=O)C(O)C(=O)C1(C)C. The van der Waals surface area contributed by atoms with E-state index in [0.717, 1.165) is 0 Å². The molecule has 1 rings (SSSR count). The van der Waals surface area contributed by atoms with Gasteiger partial charge in [0.25, 0.3) is 0 Å². The van der Waals surface area contributed by atoms with E-state index in [2.05, 4.69) is 0 Å². The Labute approximate surface area is 71.8 Å². The molecule has 68 valence electrons. The van der Waals surface area contributed by atoms with Gasteiger partial charge in [-0.25, -0.2) is 0 Å². The monoisotopic (exact) mass is 170 g/mol. The molecule has 1 fully saturated rings. The lowest BCUT2D eigenvalue weighted by Gasteiger charge is -2.30. The molecule has 0 atom stereocenters. The molecule has 0 spiro atoms. The highest BCUT2D eigenvalue weighted by molar-refractivity contribution is 6.17. The molecule has 0 unspecified atom stereocenters. The quantitative estimate of drug-likeness (QED) is 0.540. The van der Waals surface area contributed by atoms with Gasteiger partial charge in [0.2, 0.25) is 0 Å². The zero-order chi connectivity index (χ0) is 9.73. The minimum atomic E-state index is -1.41. The van der Waals surface area contributed by atoms with Crippen molar-refractivity contribution < 1.29 is 14.7 Å². The molecule has 0 bridgehead atoms. The predicted molar refractivity (Wildman–Crippen MR) is 43.6 cm³/mol. The molecule has 0 aromatic heterocycles. The summed E-state index contributed by atoms with van der Waals surface area (Å²) in [6.07, 6.45) is -1.41. The molecule has 0 amide bonds. The lowest BCUT2D eigenvalue weighted by atomic mass is 9.70. The summed E-state index contributed by atoms with van der Waals surface area (Å²) >= 11 is 0. The number of hydrogen-bond donors (Lipinski definition) is 1. The minimum Gasteiger partial charge on any atom is -0.378 e. The molecule has 1 aliphatic carbocycles. The second kappa shape index (κ2) is 2.16. The fraction of sp³-hybridized carbons (Fsp3) is 0.778. The van der Waals surface area contributed by atoms with Gasteiger partial charge in [-0.2, -0.15) is 0 Å². The van der Waals surface area contributed by atoms with Crippen LogP contribution >= 0.6 is 0 Å². The molecule has 12 heavy (non-hydrogen) atoms. The van der Waals surface area contributed by atoms with Crippen LogP contribution in [-0.2, 0) is 9.59 Å². The summed E-state index contributed by atoms with van der Waals surface area (Å²) in [7, 11) is 0. The van der Waals surface area contributed by atoms with Crippen molar-refractivity contribution in [1.29, 1.82) is 0 Å². The van der Waals surface area contributed by atoms with Crippen LogP contribution < -0.4 is 0 Å². The van der Waals surface area contributed by atoms with E-state index in [-0.39, 0.29) is 11.6 Å². The zero-order valence-corrected chi connectivity index (χ0v) is 7.84. The van der Waals surface area contributed by atoms with Crippen molar-refractivity contribution in [3.8, 4) is 0 Å². The van der Waals surface area contributed by atoms with E-state index >= 15 is 0 Å². The fourth-order valence-electron chi connectivity index (χ4n) is 1.42. The van der Waals surface area contributed by atoms with Crippen LogP contribution in [0, 0.1) is 10.8 Å². The molecule has 3 heteroatoms. The third-order valence-corrected chi connectivity index (χ3v) is 3.29. The Bertz CT molecular complexity index is 224. The first-order valence-corrected chi connectivity index (χ1v) is 3.99. The number of carbonyl (C=O) groups excluding carboxylic acids is 2. The van der Waals surface area contributed by atoms with Crippen molar-refractivity contribution >= 4 is 11.6 Å². The standard InChI is InChI=1S/C9H14O3/c1-8(2)6(11)5(10)7(12)9(8,3)4/h5,10H,1-4H3. The van der Waals surface area contributed by atoms with Crippen molar-refractivity contribution in [2.75, 3.05) is 0 Å². The molecule has 1 aliphatic rings. The second-order valence-electron chi connectivity index (χ2n) is 4.38. The van der Waals surface area contributed by atoms with Crippen LogP contribution in [0.2, 0.25) is 0 Å². The van der Waals surface area contributed by atoms with Crippen LogP contribution in [0.15, 0.2) is 0 Å². The first kappa shape index (κ1) is 9.39. The number of hydrogen-bond acceptors (Lipinski definition) is 3. The van der Waals surface area contributed by atoms with Crippen LogP contribution in [0.1, 0.15) is 27.7 Å². The molecule has 0 radical (unpaired) electrons. The Hall–Kier alpha value is -0.700. The number of rotatable bonds is 0. The van der Waals surface area contributed by atoms with E-state index in [1.165, 1.54) is 0 Å². The smallest absolute Gasteiger partial charge is 0.175 e. The Morgan fingerprint density at radius 3 is 1.33 bits per heavy atom. The molecule has 3 nitrogen and oxygen atoms in total. The molecule has 1 N–H and O–H groups in total. The molecular formula is C9H14O3. The van der Waals surface area contributed by atoms with Crippen LogP contribution in [0.3, 0.4) is 0 Å². The first-order valence-electron chi connectivity index (χ1n) is 3.99. The van der Waals surface area contributed by atoms with Crippen LogP contribution in [0.25, 0.3) is 0 Å². The second-order valence-corrected chi connectivity index (χ2v) is 4.38. The summed E-state index contributed by atoms with van der Waals surface area (Å²) in [6, 6.07) is 0. The topological polar surface area (TPSA) is 54.4 Å². The van der Waals surface area contributed by atoms with Gasteiger partial charge in [0, 0.05) is 10.8 Å². The first-order chi connectivity index (χ1) is 5.23. The van der Waals surface area contributed by atoms with E-state index in [9.17, 15) is 14.7 Å². The number of aliphatic hydroxyl groups is 1. The largest absolute Gasteiger partial charge is 0.378 e. The Morgan fingerprint density at radius 2 is 1.25 bits per heavy atom. The maximum absolute atomic E-state index is 11.4. The Morgan fingerprint density at radius 1 is 1.00 bits per heavy atom. The number of ketones is 2. The van der Waals surface area contributed by atoms with E-state index in [1.54, 1.807) is 27.7 Å². The Kier molecular flexibility index (Phi) is 1.69. The highest BCUT2D eigenvalue weighted by Crippen LogP contribution is 2.47. The number of aliphatic hydroxyl groups excluding tert-OH is 1. The minimum absolute atomic E-state index is 0.363. The maximum Gasteiger partial charge on any atom is 0.175 e. The molecule has 1 saturated carbocycles. The molecule has 0 aliphatic heterocycles. The third-order valence-electron chi connectivity index (χ3n) is 3.29. The van der Waals surface area contributed by atoms with Gasteiger partial charge in [-0.15, -0.1) is 0 Å². The van der Waals surface area contributed by atoms with Gasteiger partial charge >= 0.3 is 0 Å². The van der Waals surface area contributed by atoms with E-state index in [4.69, 9.17) is 0 Å². The molecule has 0 aromatic carbocycles. The van der Waals surface area contributed by atoms with Crippen LogP contribution in [0.4, 0.5) is 0 Å². The van der Waals surface area contributed by atoms with Crippen LogP contribution in [0.5, 0.6) is 0 Å². The summed E-state index contributed by atoms with van der Waals surface area (Å²) in [5, 5.41) is 9.24.